The molecule has 1 heterocycles. The van der Waals surface area contributed by atoms with E-state index in [9.17, 15) is 13.6 Å². The number of carbonyl (C=O) groups excluding carboxylic acids is 1. The van der Waals surface area contributed by atoms with Gasteiger partial charge in [-0.05, 0) is 24.1 Å². The largest absolute Gasteiger partial charge is 0.447 e. The van der Waals surface area contributed by atoms with Crippen LogP contribution in [0.1, 0.15) is 46.0 Å². The third-order valence-corrected chi connectivity index (χ3v) is 5.64. The first-order valence-corrected chi connectivity index (χ1v) is 11.0. The van der Waals surface area contributed by atoms with Crippen molar-refractivity contribution in [1.82, 2.24) is 15.2 Å². The molecule has 0 aliphatic heterocycles. The topological polar surface area (TPSA) is 58.4 Å². The molecule has 0 aliphatic rings. The Kier molecular flexibility index (Phi) is 7.44. The summed E-state index contributed by atoms with van der Waals surface area (Å²) in [5, 5.41) is 2.82. The van der Waals surface area contributed by atoms with E-state index in [1.54, 1.807) is 0 Å². The second-order valence-corrected chi connectivity index (χ2v) is 8.02. The summed E-state index contributed by atoms with van der Waals surface area (Å²) in [7, 11) is 0. The minimum absolute atomic E-state index is 0.118. The third kappa shape index (κ3) is 5.94. The van der Waals surface area contributed by atoms with E-state index in [0.29, 0.717) is 18.0 Å². The van der Waals surface area contributed by atoms with E-state index in [2.05, 4.69) is 10.3 Å². The molecule has 0 fully saturated rings. The zero-order valence-corrected chi connectivity index (χ0v) is 18.7. The number of carbonyl (C=O) groups is 1. The highest BCUT2D eigenvalue weighted by atomic mass is 19.1. The molecular formula is C27H25F2N3O2. The molecule has 3 aromatic carbocycles. The lowest BCUT2D eigenvalue weighted by Gasteiger charge is -2.28. The molecule has 0 aliphatic carbocycles. The highest BCUT2D eigenvalue weighted by Crippen LogP contribution is 2.25. The highest BCUT2D eigenvalue weighted by molar-refractivity contribution is 5.91. The van der Waals surface area contributed by atoms with Crippen LogP contribution in [0.2, 0.25) is 0 Å². The van der Waals surface area contributed by atoms with Crippen molar-refractivity contribution in [3.05, 3.63) is 125 Å². The van der Waals surface area contributed by atoms with Gasteiger partial charge in [0, 0.05) is 30.8 Å². The molecule has 0 saturated carbocycles. The lowest BCUT2D eigenvalue weighted by Crippen LogP contribution is -2.27. The summed E-state index contributed by atoms with van der Waals surface area (Å²) in [6, 6.07) is 22.8. The van der Waals surface area contributed by atoms with E-state index >= 15 is 0 Å². The van der Waals surface area contributed by atoms with Gasteiger partial charge in [0.25, 0.3) is 5.91 Å². The minimum Gasteiger partial charge on any atom is -0.447 e. The van der Waals surface area contributed by atoms with Crippen molar-refractivity contribution in [3.63, 3.8) is 0 Å². The van der Waals surface area contributed by atoms with Gasteiger partial charge in [-0.3, -0.25) is 9.69 Å². The van der Waals surface area contributed by atoms with Crippen LogP contribution in [0.25, 0.3) is 0 Å². The van der Waals surface area contributed by atoms with Gasteiger partial charge in [-0.1, -0.05) is 66.7 Å². The van der Waals surface area contributed by atoms with Crippen LogP contribution in [-0.2, 0) is 19.6 Å². The van der Waals surface area contributed by atoms with Crippen LogP contribution >= 0.6 is 0 Å². The first-order chi connectivity index (χ1) is 16.5. The molecule has 0 unspecified atom stereocenters. The fourth-order valence-electron chi connectivity index (χ4n) is 3.67. The zero-order valence-electron chi connectivity index (χ0n) is 18.7. The molecule has 1 aromatic heterocycles. The number of hydrogen-bond donors (Lipinski definition) is 1. The van der Waals surface area contributed by atoms with Crippen molar-refractivity contribution < 1.29 is 18.0 Å². The Bertz CT molecular complexity index is 1230. The van der Waals surface area contributed by atoms with Gasteiger partial charge in [0.2, 0.25) is 5.89 Å². The van der Waals surface area contributed by atoms with Crippen molar-refractivity contribution in [3.8, 4) is 0 Å². The molecule has 0 bridgehead atoms. The third-order valence-electron chi connectivity index (χ3n) is 5.64. The van der Waals surface area contributed by atoms with E-state index in [4.69, 9.17) is 4.42 Å². The zero-order chi connectivity index (χ0) is 23.9. The van der Waals surface area contributed by atoms with Crippen molar-refractivity contribution in [2.75, 3.05) is 0 Å². The molecule has 7 heteroatoms. The number of amides is 1. The van der Waals surface area contributed by atoms with Gasteiger partial charge in [0.05, 0.1) is 6.54 Å². The Morgan fingerprint density at radius 3 is 2.41 bits per heavy atom. The average molecular weight is 462 g/mol. The van der Waals surface area contributed by atoms with Gasteiger partial charge in [-0.25, -0.2) is 13.8 Å². The molecule has 4 rings (SSSR count). The van der Waals surface area contributed by atoms with Crippen molar-refractivity contribution in [1.29, 1.82) is 0 Å². The number of benzene rings is 3. The molecular weight excluding hydrogens is 436 g/mol. The van der Waals surface area contributed by atoms with Gasteiger partial charge in [0.1, 0.15) is 17.9 Å². The fourth-order valence-corrected chi connectivity index (χ4v) is 3.67. The van der Waals surface area contributed by atoms with Crippen molar-refractivity contribution in [2.45, 2.75) is 32.6 Å². The summed E-state index contributed by atoms with van der Waals surface area (Å²) in [4.78, 5) is 18.8. The normalized spacial score (nSPS) is 12.0. The monoisotopic (exact) mass is 461 g/mol. The van der Waals surface area contributed by atoms with E-state index in [1.807, 2.05) is 72.5 Å². The number of rotatable bonds is 9. The van der Waals surface area contributed by atoms with E-state index in [1.165, 1.54) is 18.4 Å². The van der Waals surface area contributed by atoms with Crippen LogP contribution in [0.5, 0.6) is 0 Å². The fraction of sp³-hybridized carbons (Fsp3) is 0.185. The number of hydrogen-bond acceptors (Lipinski definition) is 4. The molecule has 174 valence electrons. The Labute approximate surface area is 197 Å². The van der Waals surface area contributed by atoms with Gasteiger partial charge in [-0.15, -0.1) is 0 Å². The molecule has 34 heavy (non-hydrogen) atoms. The number of halogens is 2. The van der Waals surface area contributed by atoms with Gasteiger partial charge >= 0.3 is 0 Å². The predicted octanol–water partition coefficient (Wildman–Crippen LogP) is 5.65. The van der Waals surface area contributed by atoms with Crippen molar-refractivity contribution in [2.24, 2.45) is 0 Å². The Morgan fingerprint density at radius 2 is 1.71 bits per heavy atom. The van der Waals surface area contributed by atoms with Crippen LogP contribution in [0, 0.1) is 11.6 Å². The summed E-state index contributed by atoms with van der Waals surface area (Å²) in [6.07, 6.45) is 1.32. The smallest absolute Gasteiger partial charge is 0.273 e. The molecule has 1 atom stereocenters. The predicted molar refractivity (Wildman–Crippen MR) is 125 cm³/mol. The first kappa shape index (κ1) is 23.3. The Hall–Kier alpha value is -3.84. The number of nitrogens with one attached hydrogen (secondary N) is 1. The Morgan fingerprint density at radius 1 is 1.00 bits per heavy atom. The number of aromatic nitrogens is 1. The van der Waals surface area contributed by atoms with Crippen molar-refractivity contribution >= 4 is 5.91 Å². The maximum Gasteiger partial charge on any atom is 0.273 e. The molecule has 1 amide bonds. The summed E-state index contributed by atoms with van der Waals surface area (Å²) >= 11 is 0. The molecule has 0 radical (unpaired) electrons. The van der Waals surface area contributed by atoms with Gasteiger partial charge in [0.15, 0.2) is 5.69 Å². The van der Waals surface area contributed by atoms with E-state index in [0.717, 1.165) is 17.2 Å². The number of nitrogens with zero attached hydrogens (tertiary/aromatic N) is 2. The van der Waals surface area contributed by atoms with Crippen LogP contribution < -0.4 is 5.32 Å². The lowest BCUT2D eigenvalue weighted by molar-refractivity contribution is 0.0945. The van der Waals surface area contributed by atoms with E-state index < -0.39 is 11.6 Å². The molecule has 5 nitrogen and oxygen atoms in total. The maximum atomic E-state index is 14.4. The summed E-state index contributed by atoms with van der Waals surface area (Å²) < 4.78 is 33.4. The second kappa shape index (κ2) is 10.9. The van der Waals surface area contributed by atoms with Crippen LogP contribution in [0.3, 0.4) is 0 Å². The molecule has 1 N–H and O–H groups in total. The minimum atomic E-state index is -0.622. The van der Waals surface area contributed by atoms with Crippen LogP contribution in [0.15, 0.2) is 89.5 Å². The standard InChI is InChI=1S/C27H25F2N3O2/c1-19(21-10-6-3-7-11-21)32(16-22-12-13-23(28)14-24(22)29)17-26-31-25(18-34-26)27(33)30-15-20-8-4-2-5-9-20/h2-14,18-19H,15-17H2,1H3,(H,30,33)/t19-/m1/s1. The maximum absolute atomic E-state index is 14.4. The molecule has 0 saturated heterocycles. The average Bonchev–Trinajstić information content (AvgIpc) is 3.33. The van der Waals surface area contributed by atoms with Crippen LogP contribution in [0.4, 0.5) is 8.78 Å². The molecule has 4 aromatic rings. The lowest BCUT2D eigenvalue weighted by atomic mass is 10.1. The highest BCUT2D eigenvalue weighted by Gasteiger charge is 2.21. The van der Waals surface area contributed by atoms with Gasteiger partial charge in [-0.2, -0.15) is 0 Å². The first-order valence-electron chi connectivity index (χ1n) is 11.0. The van der Waals surface area contributed by atoms with Gasteiger partial charge < -0.3 is 9.73 Å². The quantitative estimate of drug-likeness (QED) is 0.350. The Balaban J connectivity index is 1.49. The van der Waals surface area contributed by atoms with E-state index in [-0.39, 0.29) is 30.7 Å². The summed E-state index contributed by atoms with van der Waals surface area (Å²) in [6.45, 7) is 2.81. The second-order valence-electron chi connectivity index (χ2n) is 8.02. The van der Waals surface area contributed by atoms with Crippen LogP contribution in [-0.4, -0.2) is 15.8 Å². The molecule has 0 spiro atoms. The summed E-state index contributed by atoms with van der Waals surface area (Å²) in [5.74, 6) is -1.25. The summed E-state index contributed by atoms with van der Waals surface area (Å²) in [5.41, 5.74) is 2.53. The SMILES string of the molecule is C[C@H](c1ccccc1)N(Cc1nc(C(=O)NCc2ccccc2)co1)Cc1ccc(F)cc1F. The number of oxazole rings is 1.